The lowest BCUT2D eigenvalue weighted by molar-refractivity contribution is -0.141. The molecule has 2 aromatic carbocycles. The number of carbonyl (C=O) groups excluding carboxylic acids is 2. The third-order valence-corrected chi connectivity index (χ3v) is 3.28. The Kier molecular flexibility index (Phi) is 6.48. The normalized spacial score (nSPS) is 12.1. The molecule has 0 amide bonds. The van der Waals surface area contributed by atoms with Gasteiger partial charge in [-0.25, -0.2) is 18.4 Å². The second kappa shape index (κ2) is 8.51. The van der Waals surface area contributed by atoms with E-state index in [-0.39, 0.29) is 12.1 Å². The van der Waals surface area contributed by atoms with Gasteiger partial charge in [0.1, 0.15) is 23.1 Å². The number of esters is 2. The van der Waals surface area contributed by atoms with E-state index in [9.17, 15) is 44.7 Å². The van der Waals surface area contributed by atoms with Crippen molar-refractivity contribution >= 4 is 11.9 Å². The zero-order valence-electron chi connectivity index (χ0n) is 14.3. The van der Waals surface area contributed by atoms with E-state index in [4.69, 9.17) is 0 Å². The van der Waals surface area contributed by atoms with Crippen LogP contribution in [-0.4, -0.2) is 11.9 Å². The molecule has 0 aliphatic carbocycles. The Morgan fingerprint density at radius 2 is 1.00 bits per heavy atom. The van der Waals surface area contributed by atoms with Gasteiger partial charge in [0.25, 0.3) is 0 Å². The Morgan fingerprint density at radius 3 is 1.30 bits per heavy atom. The predicted octanol–water partition coefficient (Wildman–Crippen LogP) is 5.07. The van der Waals surface area contributed by atoms with Crippen molar-refractivity contribution in [3.05, 3.63) is 71.3 Å². The Morgan fingerprint density at radius 1 is 0.667 bits per heavy atom. The number of carbonyl (C=O) groups is 2. The summed E-state index contributed by atoms with van der Waals surface area (Å²) in [5.74, 6) is -7.28. The van der Waals surface area contributed by atoms with Crippen molar-refractivity contribution in [1.82, 2.24) is 0 Å². The van der Waals surface area contributed by atoms with E-state index in [1.807, 2.05) is 0 Å². The zero-order chi connectivity index (χ0) is 22.7. The van der Waals surface area contributed by atoms with Crippen LogP contribution in [0.3, 0.4) is 0 Å². The molecule has 0 spiro atoms. The molecule has 0 bridgehead atoms. The first-order chi connectivity index (χ1) is 13.8. The standard InChI is InChI=1S/C18H8F8O4/c19-13-3-1-9(7-11(13)17(21,22)23)29-15(27)5-6-16(28)30-10-2-4-14(20)12(8-10)18(24,25)26/h1-8H/b6-5+. The molecule has 0 aliphatic rings. The molecule has 12 heteroatoms. The molecule has 0 atom stereocenters. The third-order valence-electron chi connectivity index (χ3n) is 3.28. The molecule has 2 aromatic rings. The summed E-state index contributed by atoms with van der Waals surface area (Å²) < 4.78 is 111. The van der Waals surface area contributed by atoms with Gasteiger partial charge < -0.3 is 9.47 Å². The highest BCUT2D eigenvalue weighted by molar-refractivity contribution is 5.93. The van der Waals surface area contributed by atoms with Crippen molar-refractivity contribution < 1.29 is 54.2 Å². The highest BCUT2D eigenvalue weighted by Crippen LogP contribution is 2.34. The first kappa shape index (κ1) is 22.8. The largest absolute Gasteiger partial charge is 0.423 e. The van der Waals surface area contributed by atoms with E-state index < -0.39 is 58.6 Å². The number of alkyl halides is 6. The molecule has 0 fully saturated rings. The van der Waals surface area contributed by atoms with Gasteiger partial charge in [0.05, 0.1) is 11.1 Å². The fourth-order valence-corrected chi connectivity index (χ4v) is 2.01. The SMILES string of the molecule is O=C(/C=C/C(=O)Oc1ccc(F)c(C(F)(F)F)c1)Oc1ccc(F)c(C(F)(F)F)c1. The average Bonchev–Trinajstić information content (AvgIpc) is 2.61. The van der Waals surface area contributed by atoms with E-state index in [0.717, 1.165) is 12.1 Å². The van der Waals surface area contributed by atoms with Crippen LogP contribution in [0.5, 0.6) is 11.5 Å². The number of ether oxygens (including phenoxy) is 2. The first-order valence-electron chi connectivity index (χ1n) is 7.62. The topological polar surface area (TPSA) is 52.6 Å². The highest BCUT2D eigenvalue weighted by atomic mass is 19.4. The fourth-order valence-electron chi connectivity index (χ4n) is 2.01. The van der Waals surface area contributed by atoms with Crippen molar-refractivity contribution in [3.63, 3.8) is 0 Å². The molecule has 0 unspecified atom stereocenters. The maximum absolute atomic E-state index is 13.2. The quantitative estimate of drug-likeness (QED) is 0.288. The lowest BCUT2D eigenvalue weighted by Gasteiger charge is -2.10. The Hall–Kier alpha value is -3.44. The minimum absolute atomic E-state index is 0.219. The lowest BCUT2D eigenvalue weighted by Crippen LogP contribution is -2.12. The van der Waals surface area contributed by atoms with Crippen molar-refractivity contribution in [1.29, 1.82) is 0 Å². The second-order valence-corrected chi connectivity index (χ2v) is 5.45. The molecular formula is C18H8F8O4. The summed E-state index contributed by atoms with van der Waals surface area (Å²) in [7, 11) is 0. The summed E-state index contributed by atoms with van der Waals surface area (Å²) in [4.78, 5) is 23.1. The molecule has 0 heterocycles. The highest BCUT2D eigenvalue weighted by Gasteiger charge is 2.35. The lowest BCUT2D eigenvalue weighted by atomic mass is 10.2. The van der Waals surface area contributed by atoms with Crippen LogP contribution in [-0.2, 0) is 21.9 Å². The van der Waals surface area contributed by atoms with E-state index in [1.54, 1.807) is 0 Å². The van der Waals surface area contributed by atoms with Crippen molar-refractivity contribution in [2.45, 2.75) is 12.4 Å². The molecule has 2 rings (SSSR count). The zero-order valence-corrected chi connectivity index (χ0v) is 14.3. The summed E-state index contributed by atoms with van der Waals surface area (Å²) in [5.41, 5.74) is -3.37. The molecule has 0 aliphatic heterocycles. The van der Waals surface area contributed by atoms with Crippen molar-refractivity contribution in [2.24, 2.45) is 0 Å². The molecule has 160 valence electrons. The minimum Gasteiger partial charge on any atom is -0.423 e. The smallest absolute Gasteiger partial charge is 0.419 e. The van der Waals surface area contributed by atoms with Gasteiger partial charge in [-0.3, -0.25) is 0 Å². The molecule has 30 heavy (non-hydrogen) atoms. The van der Waals surface area contributed by atoms with Crippen LogP contribution in [0.4, 0.5) is 35.1 Å². The number of rotatable bonds is 4. The number of benzene rings is 2. The molecule has 0 N–H and O–H groups in total. The van der Waals surface area contributed by atoms with Crippen molar-refractivity contribution in [3.8, 4) is 11.5 Å². The Balaban J connectivity index is 2.05. The summed E-state index contributed by atoms with van der Waals surface area (Å²) in [6.45, 7) is 0. The van der Waals surface area contributed by atoms with Crippen LogP contribution in [0, 0.1) is 11.6 Å². The van der Waals surface area contributed by atoms with Crippen LogP contribution >= 0.6 is 0 Å². The molecule has 0 radical (unpaired) electrons. The number of hydrogen-bond donors (Lipinski definition) is 0. The maximum Gasteiger partial charge on any atom is 0.419 e. The monoisotopic (exact) mass is 440 g/mol. The summed E-state index contributed by atoms with van der Waals surface area (Å²) in [6.07, 6.45) is -9.27. The molecule has 0 saturated heterocycles. The van der Waals surface area contributed by atoms with E-state index in [0.29, 0.717) is 24.3 Å². The molecular weight excluding hydrogens is 432 g/mol. The van der Waals surface area contributed by atoms with Crippen LogP contribution in [0.25, 0.3) is 0 Å². The van der Waals surface area contributed by atoms with Gasteiger partial charge in [-0.2, -0.15) is 26.3 Å². The van der Waals surface area contributed by atoms with Crippen LogP contribution in [0.2, 0.25) is 0 Å². The predicted molar refractivity (Wildman–Crippen MR) is 83.2 cm³/mol. The van der Waals surface area contributed by atoms with Gasteiger partial charge in [-0.05, 0) is 36.4 Å². The van der Waals surface area contributed by atoms with Gasteiger partial charge in [0, 0.05) is 12.2 Å². The molecule has 0 saturated carbocycles. The van der Waals surface area contributed by atoms with Gasteiger partial charge in [-0.15, -0.1) is 0 Å². The van der Waals surface area contributed by atoms with Crippen LogP contribution < -0.4 is 9.47 Å². The van der Waals surface area contributed by atoms with E-state index in [2.05, 4.69) is 9.47 Å². The van der Waals surface area contributed by atoms with Gasteiger partial charge in [0.15, 0.2) is 0 Å². The summed E-state index contributed by atoms with van der Waals surface area (Å²) in [5, 5.41) is 0. The van der Waals surface area contributed by atoms with Crippen LogP contribution in [0.1, 0.15) is 11.1 Å². The molecule has 0 aromatic heterocycles. The Bertz CT molecular complexity index is 913. The first-order valence-corrected chi connectivity index (χ1v) is 7.62. The third kappa shape index (κ3) is 6.03. The van der Waals surface area contributed by atoms with Crippen molar-refractivity contribution in [2.75, 3.05) is 0 Å². The van der Waals surface area contributed by atoms with Crippen LogP contribution in [0.15, 0.2) is 48.6 Å². The molecule has 4 nitrogen and oxygen atoms in total. The number of hydrogen-bond acceptors (Lipinski definition) is 4. The number of halogens is 8. The maximum atomic E-state index is 13.2. The summed E-state index contributed by atoms with van der Waals surface area (Å²) in [6, 6.07) is 2.72. The average molecular weight is 440 g/mol. The van der Waals surface area contributed by atoms with E-state index >= 15 is 0 Å². The van der Waals surface area contributed by atoms with Gasteiger partial charge in [0.2, 0.25) is 0 Å². The fraction of sp³-hybridized carbons (Fsp3) is 0.111. The minimum atomic E-state index is -5.05. The second-order valence-electron chi connectivity index (χ2n) is 5.45. The summed E-state index contributed by atoms with van der Waals surface area (Å²) >= 11 is 0. The van der Waals surface area contributed by atoms with E-state index in [1.165, 1.54) is 0 Å². The van der Waals surface area contributed by atoms with Gasteiger partial charge >= 0.3 is 24.3 Å². The Labute approximate surface area is 162 Å². The van der Waals surface area contributed by atoms with Gasteiger partial charge in [-0.1, -0.05) is 0 Å².